The lowest BCUT2D eigenvalue weighted by atomic mass is 10.1. The van der Waals surface area contributed by atoms with Crippen molar-refractivity contribution < 1.29 is 4.74 Å². The molecule has 0 unspecified atom stereocenters. The fourth-order valence-corrected chi connectivity index (χ4v) is 2.27. The highest BCUT2D eigenvalue weighted by molar-refractivity contribution is 5.24. The summed E-state index contributed by atoms with van der Waals surface area (Å²) in [6.45, 7) is 16.4. The maximum absolute atomic E-state index is 5.64. The quantitative estimate of drug-likeness (QED) is 0.707. The third-order valence-electron chi connectivity index (χ3n) is 3.36. The van der Waals surface area contributed by atoms with Gasteiger partial charge in [0.05, 0.1) is 18.8 Å². The van der Waals surface area contributed by atoms with E-state index in [1.165, 1.54) is 11.3 Å². The number of hydrogen-bond donors (Lipinski definition) is 1. The van der Waals surface area contributed by atoms with Crippen molar-refractivity contribution in [2.45, 2.75) is 60.5 Å². The van der Waals surface area contributed by atoms with E-state index in [-0.39, 0.29) is 0 Å². The second-order valence-corrected chi connectivity index (χ2v) is 6.20. The van der Waals surface area contributed by atoms with Crippen molar-refractivity contribution in [3.63, 3.8) is 0 Å². The van der Waals surface area contributed by atoms with Gasteiger partial charge in [-0.15, -0.1) is 0 Å². The normalized spacial score (nSPS) is 11.8. The lowest BCUT2D eigenvalue weighted by molar-refractivity contribution is 0.100. The number of rotatable bonds is 9. The van der Waals surface area contributed by atoms with Crippen LogP contribution in [0.2, 0.25) is 0 Å². The average Bonchev–Trinajstić information content (AvgIpc) is 2.61. The molecule has 1 heterocycles. The zero-order valence-electron chi connectivity index (χ0n) is 14.0. The van der Waals surface area contributed by atoms with Crippen LogP contribution in [-0.4, -0.2) is 35.6 Å². The van der Waals surface area contributed by atoms with Crippen LogP contribution in [0.4, 0.5) is 0 Å². The number of hydrogen-bond acceptors (Lipinski definition) is 3. The maximum atomic E-state index is 5.64. The Morgan fingerprint density at radius 3 is 2.50 bits per heavy atom. The fraction of sp³-hybridized carbons (Fsp3) is 0.812. The molecule has 0 radical (unpaired) electrons. The van der Waals surface area contributed by atoms with Gasteiger partial charge in [-0.05, 0) is 38.3 Å². The Hall–Kier alpha value is -0.870. The Balaban J connectivity index is 2.48. The molecular formula is C16H31N3O. The lowest BCUT2D eigenvalue weighted by Gasteiger charge is -2.09. The minimum atomic E-state index is 0.537. The largest absolute Gasteiger partial charge is 0.379 e. The molecule has 0 bridgehead atoms. The van der Waals surface area contributed by atoms with Crippen LogP contribution >= 0.6 is 0 Å². The monoisotopic (exact) mass is 281 g/mol. The van der Waals surface area contributed by atoms with Gasteiger partial charge < -0.3 is 10.1 Å². The van der Waals surface area contributed by atoms with Gasteiger partial charge in [-0.25, -0.2) is 0 Å². The van der Waals surface area contributed by atoms with E-state index in [4.69, 9.17) is 4.74 Å². The number of nitrogens with one attached hydrogen (secondary N) is 1. The number of aromatic nitrogens is 2. The second-order valence-electron chi connectivity index (χ2n) is 6.20. The summed E-state index contributed by atoms with van der Waals surface area (Å²) in [5, 5.41) is 8.09. The van der Waals surface area contributed by atoms with Gasteiger partial charge in [-0.3, -0.25) is 4.68 Å². The highest BCUT2D eigenvalue weighted by Crippen LogP contribution is 2.13. The van der Waals surface area contributed by atoms with Crippen molar-refractivity contribution in [2.75, 3.05) is 19.8 Å². The van der Waals surface area contributed by atoms with Crippen molar-refractivity contribution in [3.8, 4) is 0 Å². The van der Waals surface area contributed by atoms with Crippen LogP contribution < -0.4 is 5.32 Å². The molecule has 116 valence electrons. The van der Waals surface area contributed by atoms with Gasteiger partial charge in [-0.1, -0.05) is 27.7 Å². The minimum absolute atomic E-state index is 0.537. The first-order valence-corrected chi connectivity index (χ1v) is 7.75. The molecule has 0 saturated carbocycles. The Bertz CT molecular complexity index is 397. The van der Waals surface area contributed by atoms with Gasteiger partial charge >= 0.3 is 0 Å². The fourth-order valence-electron chi connectivity index (χ4n) is 2.27. The van der Waals surface area contributed by atoms with Crippen LogP contribution in [0.15, 0.2) is 0 Å². The third-order valence-corrected chi connectivity index (χ3v) is 3.36. The molecule has 4 heteroatoms. The minimum Gasteiger partial charge on any atom is -0.379 e. The smallest absolute Gasteiger partial charge is 0.0662 e. The molecule has 0 aliphatic rings. The van der Waals surface area contributed by atoms with Crippen LogP contribution in [0.3, 0.4) is 0 Å². The van der Waals surface area contributed by atoms with E-state index < -0.39 is 0 Å². The highest BCUT2D eigenvalue weighted by atomic mass is 16.5. The Morgan fingerprint density at radius 2 is 1.90 bits per heavy atom. The Morgan fingerprint density at radius 1 is 1.20 bits per heavy atom. The van der Waals surface area contributed by atoms with Crippen molar-refractivity contribution >= 4 is 0 Å². The molecule has 0 aliphatic carbocycles. The molecule has 1 N–H and O–H groups in total. The van der Waals surface area contributed by atoms with Crippen molar-refractivity contribution in [1.82, 2.24) is 15.1 Å². The van der Waals surface area contributed by atoms with Crippen LogP contribution in [-0.2, 0) is 17.7 Å². The summed E-state index contributed by atoms with van der Waals surface area (Å²) in [7, 11) is 0. The van der Waals surface area contributed by atoms with Crippen molar-refractivity contribution in [2.24, 2.45) is 5.92 Å². The lowest BCUT2D eigenvalue weighted by Crippen LogP contribution is -2.25. The molecule has 1 aromatic rings. The number of aryl methyl sites for hydroxylation is 1. The first-order valence-electron chi connectivity index (χ1n) is 7.75. The summed E-state index contributed by atoms with van der Waals surface area (Å²) < 4.78 is 7.73. The van der Waals surface area contributed by atoms with Crippen LogP contribution in [0.1, 0.15) is 44.6 Å². The Kier molecular flexibility index (Phi) is 7.24. The van der Waals surface area contributed by atoms with Crippen molar-refractivity contribution in [3.05, 3.63) is 17.0 Å². The van der Waals surface area contributed by atoms with Crippen LogP contribution in [0.25, 0.3) is 0 Å². The van der Waals surface area contributed by atoms with E-state index in [2.05, 4.69) is 56.6 Å². The van der Waals surface area contributed by atoms with Gasteiger partial charge in [0.2, 0.25) is 0 Å². The molecule has 0 atom stereocenters. The molecule has 0 amide bonds. The average molecular weight is 281 g/mol. The molecule has 4 nitrogen and oxygen atoms in total. The van der Waals surface area contributed by atoms with Crippen molar-refractivity contribution in [1.29, 1.82) is 0 Å². The van der Waals surface area contributed by atoms with E-state index in [1.807, 2.05) is 0 Å². The molecule has 0 saturated heterocycles. The predicted octanol–water partition coefficient (Wildman–Crippen LogP) is 2.71. The van der Waals surface area contributed by atoms with Gasteiger partial charge in [0, 0.05) is 18.3 Å². The van der Waals surface area contributed by atoms with E-state index in [0.717, 1.165) is 38.4 Å². The molecule has 20 heavy (non-hydrogen) atoms. The predicted molar refractivity (Wildman–Crippen MR) is 84.2 cm³/mol. The molecular weight excluding hydrogens is 250 g/mol. The molecule has 0 aliphatic heterocycles. The van der Waals surface area contributed by atoms with Gasteiger partial charge in [0.15, 0.2) is 0 Å². The molecule has 0 spiro atoms. The molecule has 1 aromatic heterocycles. The summed E-state index contributed by atoms with van der Waals surface area (Å²) in [6.07, 6.45) is 1.04. The van der Waals surface area contributed by atoms with Crippen LogP contribution in [0.5, 0.6) is 0 Å². The van der Waals surface area contributed by atoms with E-state index >= 15 is 0 Å². The van der Waals surface area contributed by atoms with E-state index in [0.29, 0.717) is 12.0 Å². The number of ether oxygens (including phenoxy) is 1. The zero-order valence-corrected chi connectivity index (χ0v) is 14.0. The molecule has 0 fully saturated rings. The van der Waals surface area contributed by atoms with Gasteiger partial charge in [0.1, 0.15) is 0 Å². The van der Waals surface area contributed by atoms with E-state index in [1.54, 1.807) is 0 Å². The summed E-state index contributed by atoms with van der Waals surface area (Å²) in [5.41, 5.74) is 3.81. The summed E-state index contributed by atoms with van der Waals surface area (Å²) >= 11 is 0. The highest BCUT2D eigenvalue weighted by Gasteiger charge is 2.11. The SMILES string of the molecule is Cc1nn(CCOCC(C)C)c(C)c1CCNC(C)C. The third kappa shape index (κ3) is 5.63. The second kappa shape index (κ2) is 8.42. The standard InChI is InChI=1S/C16H31N3O/c1-12(2)11-20-10-9-19-15(6)16(14(5)18-19)7-8-17-13(3)4/h12-13,17H,7-11H2,1-6H3. The van der Waals surface area contributed by atoms with Gasteiger partial charge in [-0.2, -0.15) is 5.10 Å². The zero-order chi connectivity index (χ0) is 15.1. The van der Waals surface area contributed by atoms with Crippen LogP contribution in [0, 0.1) is 19.8 Å². The summed E-state index contributed by atoms with van der Waals surface area (Å²) in [6, 6.07) is 0.537. The molecule has 1 rings (SSSR count). The number of nitrogens with zero attached hydrogens (tertiary/aromatic N) is 2. The Labute approximate surface area is 123 Å². The topological polar surface area (TPSA) is 39.1 Å². The first kappa shape index (κ1) is 17.2. The first-order chi connectivity index (χ1) is 9.41. The summed E-state index contributed by atoms with van der Waals surface area (Å²) in [4.78, 5) is 0. The maximum Gasteiger partial charge on any atom is 0.0662 e. The summed E-state index contributed by atoms with van der Waals surface area (Å²) in [5.74, 6) is 0.591. The van der Waals surface area contributed by atoms with E-state index in [9.17, 15) is 0 Å². The molecule has 0 aromatic carbocycles. The van der Waals surface area contributed by atoms with Gasteiger partial charge in [0.25, 0.3) is 0 Å².